The van der Waals surface area contributed by atoms with Gasteiger partial charge in [-0.3, -0.25) is 14.8 Å². The standard InChI is InChI=1S/C19H26N4OS/c1-14-3-4-16(24)15(21-14)12-23-8-5-19(6-9-23)11-17(19)22(2)13-18-20-7-10-25-18/h3-4,7,10,17,24H,5-6,8-9,11-13H2,1-2H3. The van der Waals surface area contributed by atoms with E-state index >= 15 is 0 Å². The number of piperidine rings is 1. The van der Waals surface area contributed by atoms with Gasteiger partial charge < -0.3 is 5.11 Å². The Balaban J connectivity index is 1.31. The molecule has 3 heterocycles. The predicted octanol–water partition coefficient (Wildman–Crippen LogP) is 3.04. The van der Waals surface area contributed by atoms with E-state index in [0.29, 0.717) is 17.2 Å². The van der Waals surface area contributed by atoms with Crippen LogP contribution in [0.3, 0.4) is 0 Å². The fraction of sp³-hybridized carbons (Fsp3) is 0.579. The van der Waals surface area contributed by atoms with E-state index in [1.165, 1.54) is 24.3 Å². The molecule has 1 saturated heterocycles. The second-order valence-corrected chi connectivity index (χ2v) is 8.60. The first kappa shape index (κ1) is 16.9. The molecule has 1 spiro atoms. The molecule has 4 rings (SSSR count). The van der Waals surface area contributed by atoms with Crippen molar-refractivity contribution in [3.63, 3.8) is 0 Å². The Morgan fingerprint density at radius 2 is 2.16 bits per heavy atom. The van der Waals surface area contributed by atoms with Crippen LogP contribution in [0.15, 0.2) is 23.7 Å². The summed E-state index contributed by atoms with van der Waals surface area (Å²) in [4.78, 5) is 13.8. The summed E-state index contributed by atoms with van der Waals surface area (Å²) >= 11 is 1.74. The Morgan fingerprint density at radius 3 is 2.88 bits per heavy atom. The van der Waals surface area contributed by atoms with Crippen molar-refractivity contribution in [3.8, 4) is 5.75 Å². The van der Waals surface area contributed by atoms with Crippen molar-refractivity contribution in [2.24, 2.45) is 5.41 Å². The summed E-state index contributed by atoms with van der Waals surface area (Å²) in [7, 11) is 2.24. The third-order valence-corrected chi connectivity index (χ3v) is 6.63. The number of nitrogens with zero attached hydrogens (tertiary/aromatic N) is 4. The van der Waals surface area contributed by atoms with E-state index < -0.39 is 0 Å². The Hall–Kier alpha value is -1.50. The van der Waals surface area contributed by atoms with Crippen LogP contribution in [0.25, 0.3) is 0 Å². The number of hydrogen-bond donors (Lipinski definition) is 1. The molecule has 2 aliphatic rings. The van der Waals surface area contributed by atoms with Gasteiger partial charge in [-0.05, 0) is 63.9 Å². The number of pyridine rings is 1. The molecule has 0 radical (unpaired) electrons. The molecule has 2 aromatic heterocycles. The van der Waals surface area contributed by atoms with Crippen LogP contribution < -0.4 is 0 Å². The lowest BCUT2D eigenvalue weighted by Gasteiger charge is -2.34. The number of aromatic hydroxyl groups is 1. The third kappa shape index (κ3) is 3.57. The van der Waals surface area contributed by atoms with Gasteiger partial charge in [-0.25, -0.2) is 4.98 Å². The highest BCUT2D eigenvalue weighted by atomic mass is 32.1. The van der Waals surface area contributed by atoms with E-state index in [2.05, 4.69) is 32.2 Å². The lowest BCUT2D eigenvalue weighted by molar-refractivity contribution is 0.137. The lowest BCUT2D eigenvalue weighted by Crippen LogP contribution is -2.37. The van der Waals surface area contributed by atoms with Gasteiger partial charge in [0.25, 0.3) is 0 Å². The molecule has 1 saturated carbocycles. The van der Waals surface area contributed by atoms with Crippen molar-refractivity contribution in [2.45, 2.75) is 45.3 Å². The van der Waals surface area contributed by atoms with Crippen LogP contribution in [-0.4, -0.2) is 51.1 Å². The zero-order valence-electron chi connectivity index (χ0n) is 15.0. The van der Waals surface area contributed by atoms with Gasteiger partial charge in [0.1, 0.15) is 10.8 Å². The van der Waals surface area contributed by atoms with Gasteiger partial charge in [0.05, 0.1) is 12.2 Å². The SMILES string of the molecule is Cc1ccc(O)c(CN2CCC3(CC2)CC3N(C)Cc2nccs2)n1. The van der Waals surface area contributed by atoms with Crippen LogP contribution in [0.2, 0.25) is 0 Å². The fourth-order valence-corrected chi connectivity index (χ4v) is 4.91. The summed E-state index contributed by atoms with van der Waals surface area (Å²) in [6, 6.07) is 4.31. The molecule has 6 heteroatoms. The molecule has 1 N–H and O–H groups in total. The summed E-state index contributed by atoms with van der Waals surface area (Å²) in [6.07, 6.45) is 5.69. The first-order valence-electron chi connectivity index (χ1n) is 9.02. The second-order valence-electron chi connectivity index (χ2n) is 7.62. The van der Waals surface area contributed by atoms with E-state index in [1.54, 1.807) is 17.4 Å². The molecule has 2 fully saturated rings. The molecule has 0 amide bonds. The van der Waals surface area contributed by atoms with Crippen LogP contribution in [0, 0.1) is 12.3 Å². The van der Waals surface area contributed by atoms with Crippen molar-refractivity contribution < 1.29 is 5.11 Å². The van der Waals surface area contributed by atoms with Gasteiger partial charge >= 0.3 is 0 Å². The van der Waals surface area contributed by atoms with Crippen LogP contribution in [0.4, 0.5) is 0 Å². The van der Waals surface area contributed by atoms with Gasteiger partial charge in [-0.1, -0.05) is 0 Å². The zero-order chi connectivity index (χ0) is 17.4. The molecule has 25 heavy (non-hydrogen) atoms. The highest BCUT2D eigenvalue weighted by Gasteiger charge is 2.56. The Bertz CT molecular complexity index is 725. The van der Waals surface area contributed by atoms with Crippen LogP contribution in [-0.2, 0) is 13.1 Å². The van der Waals surface area contributed by atoms with E-state index in [1.807, 2.05) is 19.2 Å². The largest absolute Gasteiger partial charge is 0.506 e. The topological polar surface area (TPSA) is 52.5 Å². The van der Waals surface area contributed by atoms with Crippen molar-refractivity contribution in [1.29, 1.82) is 0 Å². The third-order valence-electron chi connectivity index (χ3n) is 5.86. The fourth-order valence-electron chi connectivity index (χ4n) is 4.23. The molecule has 0 aromatic carbocycles. The lowest BCUT2D eigenvalue weighted by atomic mass is 9.92. The van der Waals surface area contributed by atoms with E-state index in [4.69, 9.17) is 0 Å². The minimum absolute atomic E-state index is 0.318. The number of thiazole rings is 1. The average molecular weight is 359 g/mol. The molecule has 1 atom stereocenters. The van der Waals surface area contributed by atoms with Gasteiger partial charge in [-0.15, -0.1) is 11.3 Å². The van der Waals surface area contributed by atoms with Crippen molar-refractivity contribution in [2.75, 3.05) is 20.1 Å². The number of aromatic nitrogens is 2. The zero-order valence-corrected chi connectivity index (χ0v) is 15.8. The maximum atomic E-state index is 10.0. The molecule has 0 bridgehead atoms. The summed E-state index contributed by atoms with van der Waals surface area (Å²) in [5.74, 6) is 0.318. The monoisotopic (exact) mass is 358 g/mol. The van der Waals surface area contributed by atoms with Gasteiger partial charge in [0.15, 0.2) is 0 Å². The Labute approximate surface area is 153 Å². The predicted molar refractivity (Wildman–Crippen MR) is 99.6 cm³/mol. The summed E-state index contributed by atoms with van der Waals surface area (Å²) < 4.78 is 0. The Morgan fingerprint density at radius 1 is 1.36 bits per heavy atom. The first-order chi connectivity index (χ1) is 12.1. The highest BCUT2D eigenvalue weighted by molar-refractivity contribution is 7.09. The molecular weight excluding hydrogens is 332 g/mol. The number of aryl methyl sites for hydroxylation is 1. The smallest absolute Gasteiger partial charge is 0.138 e. The van der Waals surface area contributed by atoms with Crippen LogP contribution in [0.5, 0.6) is 5.75 Å². The number of rotatable bonds is 5. The van der Waals surface area contributed by atoms with Crippen molar-refractivity contribution in [1.82, 2.24) is 19.8 Å². The molecule has 134 valence electrons. The second kappa shape index (κ2) is 6.67. The minimum Gasteiger partial charge on any atom is -0.506 e. The molecule has 1 unspecified atom stereocenters. The van der Waals surface area contributed by atoms with Crippen LogP contribution >= 0.6 is 11.3 Å². The van der Waals surface area contributed by atoms with E-state index in [-0.39, 0.29) is 0 Å². The van der Waals surface area contributed by atoms with Gasteiger partial charge in [0, 0.05) is 29.9 Å². The maximum Gasteiger partial charge on any atom is 0.138 e. The van der Waals surface area contributed by atoms with Crippen molar-refractivity contribution >= 4 is 11.3 Å². The normalized spacial score (nSPS) is 22.6. The number of hydrogen-bond acceptors (Lipinski definition) is 6. The molecule has 2 aromatic rings. The molecular formula is C19H26N4OS. The maximum absolute atomic E-state index is 10.0. The average Bonchev–Trinajstić information content (AvgIpc) is 3.04. The highest BCUT2D eigenvalue weighted by Crippen LogP contribution is 2.56. The quantitative estimate of drug-likeness (QED) is 0.890. The molecule has 5 nitrogen and oxygen atoms in total. The van der Waals surface area contributed by atoms with Crippen LogP contribution in [0.1, 0.15) is 35.7 Å². The first-order valence-corrected chi connectivity index (χ1v) is 9.90. The summed E-state index contributed by atoms with van der Waals surface area (Å²) in [5, 5.41) is 13.3. The van der Waals surface area contributed by atoms with E-state index in [0.717, 1.165) is 37.6 Å². The molecule has 1 aliphatic heterocycles. The summed E-state index contributed by atoms with van der Waals surface area (Å²) in [5.41, 5.74) is 2.28. The Kier molecular flexibility index (Phi) is 4.52. The van der Waals surface area contributed by atoms with E-state index in [9.17, 15) is 5.11 Å². The summed E-state index contributed by atoms with van der Waals surface area (Å²) in [6.45, 7) is 5.88. The number of likely N-dealkylation sites (tertiary alicyclic amines) is 1. The van der Waals surface area contributed by atoms with Crippen molar-refractivity contribution in [3.05, 3.63) is 40.1 Å². The van der Waals surface area contributed by atoms with Gasteiger partial charge in [0.2, 0.25) is 0 Å². The van der Waals surface area contributed by atoms with Gasteiger partial charge in [-0.2, -0.15) is 0 Å². The minimum atomic E-state index is 0.318. The molecule has 1 aliphatic carbocycles.